The first kappa shape index (κ1) is 17.0. The summed E-state index contributed by atoms with van der Waals surface area (Å²) in [5.41, 5.74) is 2.30. The summed E-state index contributed by atoms with van der Waals surface area (Å²) in [7, 11) is 1.99. The lowest BCUT2D eigenvalue weighted by molar-refractivity contribution is -0.123. The molecule has 0 aromatic heterocycles. The molecule has 0 saturated carbocycles. The molecular formula is C19H21BrN2O2. The van der Waals surface area contributed by atoms with Crippen molar-refractivity contribution in [1.82, 2.24) is 10.2 Å². The molecule has 0 radical (unpaired) electrons. The van der Waals surface area contributed by atoms with Crippen molar-refractivity contribution in [2.45, 2.75) is 25.6 Å². The molecule has 1 saturated heterocycles. The number of ether oxygens (including phenoxy) is 1. The lowest BCUT2D eigenvalue weighted by Crippen LogP contribution is -2.37. The number of hydrogen-bond donors (Lipinski definition) is 1. The largest absolute Gasteiger partial charge is 0.489 e. The molecule has 4 nitrogen and oxygen atoms in total. The van der Waals surface area contributed by atoms with Crippen LogP contribution in [0.15, 0.2) is 53.0 Å². The number of rotatable bonds is 6. The van der Waals surface area contributed by atoms with Crippen molar-refractivity contribution in [2.75, 3.05) is 13.6 Å². The van der Waals surface area contributed by atoms with Crippen molar-refractivity contribution in [3.05, 3.63) is 64.1 Å². The first-order valence-corrected chi connectivity index (χ1v) is 8.85. The van der Waals surface area contributed by atoms with E-state index in [0.717, 1.165) is 35.3 Å². The van der Waals surface area contributed by atoms with Gasteiger partial charge in [0, 0.05) is 17.6 Å². The summed E-state index contributed by atoms with van der Waals surface area (Å²) in [5.74, 6) is 0.978. The second-order valence-corrected chi connectivity index (χ2v) is 6.99. The molecule has 5 heteroatoms. The van der Waals surface area contributed by atoms with Gasteiger partial charge in [-0.05, 0) is 48.9 Å². The van der Waals surface area contributed by atoms with E-state index >= 15 is 0 Å². The minimum Gasteiger partial charge on any atom is -0.489 e. The smallest absolute Gasteiger partial charge is 0.237 e. The molecular weight excluding hydrogens is 368 g/mol. The molecule has 2 aromatic rings. The lowest BCUT2D eigenvalue weighted by atomic mass is 10.1. The number of nitrogens with one attached hydrogen (secondary N) is 1. The summed E-state index contributed by atoms with van der Waals surface area (Å²) < 4.78 is 6.88. The van der Waals surface area contributed by atoms with Crippen LogP contribution in [0.25, 0.3) is 0 Å². The highest BCUT2D eigenvalue weighted by atomic mass is 79.9. The third-order valence-electron chi connectivity index (χ3n) is 4.20. The molecule has 1 N–H and O–H groups in total. The zero-order chi connectivity index (χ0) is 16.9. The van der Waals surface area contributed by atoms with Crippen LogP contribution in [0, 0.1) is 0 Å². The first-order chi connectivity index (χ1) is 11.6. The van der Waals surface area contributed by atoms with Crippen molar-refractivity contribution in [3.63, 3.8) is 0 Å². The first-order valence-electron chi connectivity index (χ1n) is 8.06. The highest BCUT2D eigenvalue weighted by Crippen LogP contribution is 2.18. The second-order valence-electron chi connectivity index (χ2n) is 6.07. The molecule has 0 aliphatic carbocycles. The number of likely N-dealkylation sites (N-methyl/N-ethyl adjacent to an activating group) is 1. The molecule has 1 fully saturated rings. The average Bonchev–Trinajstić information content (AvgIpc) is 3.00. The van der Waals surface area contributed by atoms with Crippen molar-refractivity contribution < 1.29 is 9.53 Å². The van der Waals surface area contributed by atoms with Crippen LogP contribution in [0.4, 0.5) is 0 Å². The maximum atomic E-state index is 11.7. The quantitative estimate of drug-likeness (QED) is 0.824. The van der Waals surface area contributed by atoms with Gasteiger partial charge in [-0.2, -0.15) is 0 Å². The topological polar surface area (TPSA) is 41.6 Å². The SMILES string of the molecule is CN(Cc1ccc(OCc2cccc(Br)c2)cc1)C1CCNC1=O. The number of hydrogen-bond acceptors (Lipinski definition) is 3. The third kappa shape index (κ3) is 4.36. The molecule has 1 aliphatic rings. The van der Waals surface area contributed by atoms with Gasteiger partial charge in [-0.1, -0.05) is 40.2 Å². The molecule has 2 aromatic carbocycles. The van der Waals surface area contributed by atoms with Crippen LogP contribution >= 0.6 is 15.9 Å². The second kappa shape index (κ2) is 7.81. The van der Waals surface area contributed by atoms with Gasteiger partial charge in [0.05, 0.1) is 6.04 Å². The van der Waals surface area contributed by atoms with Crippen LogP contribution in [0.2, 0.25) is 0 Å². The summed E-state index contributed by atoms with van der Waals surface area (Å²) in [6.07, 6.45) is 0.878. The number of nitrogens with zero attached hydrogens (tertiary/aromatic N) is 1. The predicted octanol–water partition coefficient (Wildman–Crippen LogP) is 3.35. The summed E-state index contributed by atoms with van der Waals surface area (Å²) in [4.78, 5) is 13.8. The third-order valence-corrected chi connectivity index (χ3v) is 4.69. The fourth-order valence-electron chi connectivity index (χ4n) is 2.88. The van der Waals surface area contributed by atoms with Gasteiger partial charge in [-0.25, -0.2) is 0 Å². The molecule has 126 valence electrons. The lowest BCUT2D eigenvalue weighted by Gasteiger charge is -2.22. The Labute approximate surface area is 150 Å². The van der Waals surface area contributed by atoms with E-state index in [1.807, 2.05) is 37.4 Å². The van der Waals surface area contributed by atoms with Gasteiger partial charge in [0.15, 0.2) is 0 Å². The minimum absolute atomic E-state index is 0.0162. The number of carbonyl (C=O) groups is 1. The van der Waals surface area contributed by atoms with Gasteiger partial charge in [-0.3, -0.25) is 9.69 Å². The maximum Gasteiger partial charge on any atom is 0.237 e. The molecule has 1 unspecified atom stereocenters. The summed E-state index contributed by atoms with van der Waals surface area (Å²) in [5, 5.41) is 2.88. The standard InChI is InChI=1S/C19H21BrN2O2/c1-22(18-9-10-21-19(18)23)12-14-5-7-17(8-6-14)24-13-15-3-2-4-16(20)11-15/h2-8,11,18H,9-10,12-13H2,1H3,(H,21,23). The monoisotopic (exact) mass is 388 g/mol. The van der Waals surface area contributed by atoms with Crippen LogP contribution in [-0.4, -0.2) is 30.4 Å². The van der Waals surface area contributed by atoms with Gasteiger partial charge >= 0.3 is 0 Å². The molecule has 0 bridgehead atoms. The van der Waals surface area contributed by atoms with Crippen LogP contribution in [0.3, 0.4) is 0 Å². The van der Waals surface area contributed by atoms with Crippen molar-refractivity contribution >= 4 is 21.8 Å². The Balaban J connectivity index is 1.54. The fourth-order valence-corrected chi connectivity index (χ4v) is 3.33. The Bertz CT molecular complexity index is 703. The molecule has 1 heterocycles. The van der Waals surface area contributed by atoms with E-state index in [0.29, 0.717) is 6.61 Å². The molecule has 1 aliphatic heterocycles. The van der Waals surface area contributed by atoms with E-state index < -0.39 is 0 Å². The number of halogens is 1. The Morgan fingerprint density at radius 1 is 1.21 bits per heavy atom. The molecule has 1 atom stereocenters. The molecule has 1 amide bonds. The van der Waals surface area contributed by atoms with E-state index in [9.17, 15) is 4.79 Å². The normalized spacial score (nSPS) is 17.1. The molecule has 3 rings (SSSR count). The van der Waals surface area contributed by atoms with Crippen LogP contribution < -0.4 is 10.1 Å². The molecule has 24 heavy (non-hydrogen) atoms. The predicted molar refractivity (Wildman–Crippen MR) is 97.8 cm³/mol. The zero-order valence-electron chi connectivity index (χ0n) is 13.7. The van der Waals surface area contributed by atoms with Gasteiger partial charge in [0.2, 0.25) is 5.91 Å². The maximum absolute atomic E-state index is 11.7. The molecule has 0 spiro atoms. The van der Waals surface area contributed by atoms with Crippen molar-refractivity contribution in [3.8, 4) is 5.75 Å². The Morgan fingerprint density at radius 2 is 2.00 bits per heavy atom. The Kier molecular flexibility index (Phi) is 5.53. The van der Waals surface area contributed by atoms with E-state index in [2.05, 4.69) is 44.3 Å². The van der Waals surface area contributed by atoms with Crippen LogP contribution in [0.5, 0.6) is 5.75 Å². The highest BCUT2D eigenvalue weighted by molar-refractivity contribution is 9.10. The Morgan fingerprint density at radius 3 is 2.67 bits per heavy atom. The van der Waals surface area contributed by atoms with Crippen LogP contribution in [-0.2, 0) is 17.9 Å². The van der Waals surface area contributed by atoms with Crippen molar-refractivity contribution in [1.29, 1.82) is 0 Å². The van der Waals surface area contributed by atoms with Crippen LogP contribution in [0.1, 0.15) is 17.5 Å². The number of amides is 1. The number of benzene rings is 2. The van der Waals surface area contributed by atoms with Gasteiger partial charge < -0.3 is 10.1 Å². The van der Waals surface area contributed by atoms with E-state index in [-0.39, 0.29) is 11.9 Å². The summed E-state index contributed by atoms with van der Waals surface area (Å²) in [6.45, 7) is 2.07. The Hall–Kier alpha value is -1.85. The van der Waals surface area contributed by atoms with E-state index in [1.54, 1.807) is 0 Å². The van der Waals surface area contributed by atoms with E-state index in [4.69, 9.17) is 4.74 Å². The van der Waals surface area contributed by atoms with Gasteiger partial charge in [0.25, 0.3) is 0 Å². The summed E-state index contributed by atoms with van der Waals surface area (Å²) in [6, 6.07) is 16.2. The van der Waals surface area contributed by atoms with Gasteiger partial charge in [-0.15, -0.1) is 0 Å². The van der Waals surface area contributed by atoms with Crippen molar-refractivity contribution in [2.24, 2.45) is 0 Å². The highest BCUT2D eigenvalue weighted by Gasteiger charge is 2.27. The average molecular weight is 389 g/mol. The summed E-state index contributed by atoms with van der Waals surface area (Å²) >= 11 is 3.46. The van der Waals surface area contributed by atoms with E-state index in [1.165, 1.54) is 5.56 Å². The number of carbonyl (C=O) groups excluding carboxylic acids is 1. The minimum atomic E-state index is -0.0162. The fraction of sp³-hybridized carbons (Fsp3) is 0.316. The zero-order valence-corrected chi connectivity index (χ0v) is 15.3. The van der Waals surface area contributed by atoms with Gasteiger partial charge in [0.1, 0.15) is 12.4 Å².